The molecule has 0 aliphatic carbocycles. The van der Waals surface area contributed by atoms with E-state index in [4.69, 9.17) is 5.73 Å². The molecule has 2 N–H and O–H groups in total. The molecule has 0 bridgehead atoms. The largest absolute Gasteiger partial charge is 0.329 e. The third kappa shape index (κ3) is 2.84. The van der Waals surface area contributed by atoms with E-state index < -0.39 is 0 Å². The Hall–Kier alpha value is -1.32. The fourth-order valence-corrected chi connectivity index (χ4v) is 2.53. The highest BCUT2D eigenvalue weighted by atomic mass is 32.2. The van der Waals surface area contributed by atoms with Gasteiger partial charge in [-0.05, 0) is 29.8 Å². The summed E-state index contributed by atoms with van der Waals surface area (Å²) in [6.45, 7) is 0.629. The lowest BCUT2D eigenvalue weighted by atomic mass is 10.2. The Balaban J connectivity index is 2.13. The van der Waals surface area contributed by atoms with Gasteiger partial charge < -0.3 is 5.73 Å². The van der Waals surface area contributed by atoms with E-state index in [1.165, 1.54) is 10.5 Å². The first-order chi connectivity index (χ1) is 7.90. The highest BCUT2D eigenvalue weighted by Gasteiger charge is 2.10. The summed E-state index contributed by atoms with van der Waals surface area (Å²) in [6.07, 6.45) is 3.62. The topological polar surface area (TPSA) is 38.9 Å². The lowest BCUT2D eigenvalue weighted by Gasteiger charge is -2.14. The zero-order chi connectivity index (χ0) is 11.2. The maximum atomic E-state index is 5.81. The Labute approximate surface area is 99.9 Å². The van der Waals surface area contributed by atoms with Gasteiger partial charge in [-0.2, -0.15) is 0 Å². The van der Waals surface area contributed by atoms with Crippen LogP contribution in [0.2, 0.25) is 0 Å². The van der Waals surface area contributed by atoms with Crippen molar-refractivity contribution in [2.75, 3.05) is 6.54 Å². The summed E-state index contributed by atoms with van der Waals surface area (Å²) in [5.74, 6) is 0. The Morgan fingerprint density at radius 3 is 2.38 bits per heavy atom. The van der Waals surface area contributed by atoms with Gasteiger partial charge in [-0.15, -0.1) is 11.8 Å². The van der Waals surface area contributed by atoms with Crippen molar-refractivity contribution in [3.8, 4) is 0 Å². The fraction of sp³-hybridized carbons (Fsp3) is 0.154. The summed E-state index contributed by atoms with van der Waals surface area (Å²) < 4.78 is 0. The number of thioether (sulfide) groups is 1. The van der Waals surface area contributed by atoms with Crippen LogP contribution in [-0.2, 0) is 0 Å². The van der Waals surface area contributed by atoms with E-state index >= 15 is 0 Å². The van der Waals surface area contributed by atoms with E-state index in [1.807, 2.05) is 42.7 Å². The van der Waals surface area contributed by atoms with Gasteiger partial charge >= 0.3 is 0 Å². The first kappa shape index (κ1) is 11.2. The van der Waals surface area contributed by atoms with E-state index in [1.54, 1.807) is 11.8 Å². The molecule has 2 rings (SSSR count). The second-order valence-corrected chi connectivity index (χ2v) is 4.71. The lowest BCUT2D eigenvalue weighted by Crippen LogP contribution is -2.09. The van der Waals surface area contributed by atoms with Crippen molar-refractivity contribution in [1.29, 1.82) is 0 Å². The van der Waals surface area contributed by atoms with Crippen molar-refractivity contribution < 1.29 is 0 Å². The molecule has 2 aromatic rings. The number of hydrogen-bond donors (Lipinski definition) is 1. The van der Waals surface area contributed by atoms with Crippen LogP contribution in [0.5, 0.6) is 0 Å². The number of nitrogens with two attached hydrogens (primary N) is 1. The summed E-state index contributed by atoms with van der Waals surface area (Å²) in [5.41, 5.74) is 7.04. The first-order valence-corrected chi connectivity index (χ1v) is 6.10. The normalized spacial score (nSPS) is 12.3. The maximum absolute atomic E-state index is 5.81. The van der Waals surface area contributed by atoms with Gasteiger partial charge in [0.15, 0.2) is 0 Å². The van der Waals surface area contributed by atoms with Gasteiger partial charge in [0.25, 0.3) is 0 Å². The van der Waals surface area contributed by atoms with E-state index in [0.717, 1.165) is 0 Å². The molecule has 1 aromatic heterocycles. The van der Waals surface area contributed by atoms with Gasteiger partial charge in [-0.25, -0.2) is 0 Å². The molecule has 0 saturated carbocycles. The number of nitrogens with zero attached hydrogens (tertiary/aromatic N) is 1. The van der Waals surface area contributed by atoms with Crippen molar-refractivity contribution in [2.45, 2.75) is 10.1 Å². The minimum Gasteiger partial charge on any atom is -0.329 e. The maximum Gasteiger partial charge on any atom is 0.0467 e. The summed E-state index contributed by atoms with van der Waals surface area (Å²) in [5, 5.41) is 0.297. The number of rotatable bonds is 4. The van der Waals surface area contributed by atoms with Crippen LogP contribution in [0.25, 0.3) is 0 Å². The molecular formula is C13H14N2S. The molecule has 1 aromatic carbocycles. The molecular weight excluding hydrogens is 216 g/mol. The summed E-state index contributed by atoms with van der Waals surface area (Å²) in [6, 6.07) is 14.4. The van der Waals surface area contributed by atoms with Gasteiger partial charge in [0.05, 0.1) is 0 Å². The Morgan fingerprint density at radius 2 is 1.75 bits per heavy atom. The van der Waals surface area contributed by atoms with Gasteiger partial charge in [0.2, 0.25) is 0 Å². The Kier molecular flexibility index (Phi) is 3.97. The molecule has 1 heterocycles. The smallest absolute Gasteiger partial charge is 0.0467 e. The average Bonchev–Trinajstić information content (AvgIpc) is 2.38. The van der Waals surface area contributed by atoms with Crippen LogP contribution in [0, 0.1) is 0 Å². The van der Waals surface area contributed by atoms with Gasteiger partial charge in [-0.3, -0.25) is 4.98 Å². The van der Waals surface area contributed by atoms with Crippen LogP contribution >= 0.6 is 11.8 Å². The van der Waals surface area contributed by atoms with E-state index in [9.17, 15) is 0 Å². The molecule has 0 fully saturated rings. The predicted molar refractivity (Wildman–Crippen MR) is 68.3 cm³/mol. The van der Waals surface area contributed by atoms with Crippen molar-refractivity contribution in [3.05, 3.63) is 60.4 Å². The number of benzene rings is 1. The van der Waals surface area contributed by atoms with E-state index in [2.05, 4.69) is 17.1 Å². The lowest BCUT2D eigenvalue weighted by molar-refractivity contribution is 0.937. The molecule has 82 valence electrons. The molecule has 0 radical (unpaired) electrons. The van der Waals surface area contributed by atoms with Crippen LogP contribution in [0.4, 0.5) is 0 Å². The highest BCUT2D eigenvalue weighted by molar-refractivity contribution is 7.99. The Bertz CT molecular complexity index is 416. The van der Waals surface area contributed by atoms with Crippen LogP contribution in [-0.4, -0.2) is 11.5 Å². The van der Waals surface area contributed by atoms with Crippen molar-refractivity contribution in [2.24, 2.45) is 5.73 Å². The van der Waals surface area contributed by atoms with Crippen molar-refractivity contribution >= 4 is 11.8 Å². The molecule has 1 unspecified atom stereocenters. The van der Waals surface area contributed by atoms with Gasteiger partial charge in [0.1, 0.15) is 0 Å². The molecule has 0 aliphatic rings. The van der Waals surface area contributed by atoms with Crippen LogP contribution in [0.15, 0.2) is 59.8 Å². The van der Waals surface area contributed by atoms with Gasteiger partial charge in [-0.1, -0.05) is 18.2 Å². The average molecular weight is 230 g/mol. The zero-order valence-electron chi connectivity index (χ0n) is 8.91. The minimum atomic E-state index is 0.297. The van der Waals surface area contributed by atoms with Crippen LogP contribution in [0.3, 0.4) is 0 Å². The number of aromatic nitrogens is 1. The first-order valence-electron chi connectivity index (χ1n) is 5.22. The molecule has 2 nitrogen and oxygen atoms in total. The second kappa shape index (κ2) is 5.68. The van der Waals surface area contributed by atoms with Crippen LogP contribution < -0.4 is 5.73 Å². The van der Waals surface area contributed by atoms with Crippen molar-refractivity contribution in [3.63, 3.8) is 0 Å². The fourth-order valence-electron chi connectivity index (χ4n) is 1.49. The predicted octanol–water partition coefficient (Wildman–Crippen LogP) is 2.87. The monoisotopic (exact) mass is 230 g/mol. The molecule has 16 heavy (non-hydrogen) atoms. The second-order valence-electron chi connectivity index (χ2n) is 3.44. The summed E-state index contributed by atoms with van der Waals surface area (Å²) in [4.78, 5) is 5.26. The molecule has 0 amide bonds. The zero-order valence-corrected chi connectivity index (χ0v) is 9.73. The van der Waals surface area contributed by atoms with E-state index in [0.29, 0.717) is 11.8 Å². The molecule has 0 aliphatic heterocycles. The van der Waals surface area contributed by atoms with Gasteiger partial charge in [0, 0.05) is 29.1 Å². The summed E-state index contributed by atoms with van der Waals surface area (Å²) >= 11 is 1.79. The third-order valence-corrected chi connectivity index (χ3v) is 3.61. The summed E-state index contributed by atoms with van der Waals surface area (Å²) in [7, 11) is 0. The third-order valence-electron chi connectivity index (χ3n) is 2.31. The number of hydrogen-bond acceptors (Lipinski definition) is 3. The molecule has 1 atom stereocenters. The SMILES string of the molecule is NCC(Sc1ccccc1)c1ccncc1. The quantitative estimate of drug-likeness (QED) is 0.821. The number of pyridine rings is 1. The molecule has 0 saturated heterocycles. The highest BCUT2D eigenvalue weighted by Crippen LogP contribution is 2.33. The van der Waals surface area contributed by atoms with E-state index in [-0.39, 0.29) is 0 Å². The minimum absolute atomic E-state index is 0.297. The molecule has 3 heteroatoms. The standard InChI is InChI=1S/C13H14N2S/c14-10-13(11-6-8-15-9-7-11)16-12-4-2-1-3-5-12/h1-9,13H,10,14H2. The Morgan fingerprint density at radius 1 is 1.06 bits per heavy atom. The molecule has 0 spiro atoms. The van der Waals surface area contributed by atoms with Crippen LogP contribution in [0.1, 0.15) is 10.8 Å². The van der Waals surface area contributed by atoms with Crippen molar-refractivity contribution in [1.82, 2.24) is 4.98 Å².